The summed E-state index contributed by atoms with van der Waals surface area (Å²) in [6, 6.07) is -0.983. The van der Waals surface area contributed by atoms with Gasteiger partial charge in [-0.05, 0) is 17.8 Å². The minimum atomic E-state index is -0.328. The predicted molar refractivity (Wildman–Crippen MR) is 155 cm³/mol. The average Bonchev–Trinajstić information content (AvgIpc) is 3.63. The maximum atomic E-state index is 13.6. The first-order valence-electron chi connectivity index (χ1n) is 13.0. The van der Waals surface area contributed by atoms with E-state index in [-0.39, 0.29) is 53.6 Å². The minimum Gasteiger partial charge on any atom is -0.331 e. The lowest BCUT2D eigenvalue weighted by Crippen LogP contribution is -2.36. The summed E-state index contributed by atoms with van der Waals surface area (Å²) in [6.45, 7) is 12.2. The summed E-state index contributed by atoms with van der Waals surface area (Å²) in [4.78, 5) is 60.0. The van der Waals surface area contributed by atoms with Crippen LogP contribution in [0.1, 0.15) is 106 Å². The molecule has 6 bridgehead atoms. The maximum absolute atomic E-state index is 13.6. The van der Waals surface area contributed by atoms with Gasteiger partial charge in [-0.1, -0.05) is 41.5 Å². The highest BCUT2D eigenvalue weighted by molar-refractivity contribution is 7.10. The zero-order valence-corrected chi connectivity index (χ0v) is 26.3. The molecule has 4 heterocycles. The van der Waals surface area contributed by atoms with Crippen molar-refractivity contribution < 1.29 is 14.4 Å². The van der Waals surface area contributed by atoms with Crippen molar-refractivity contribution in [3.05, 3.63) is 48.2 Å². The first kappa shape index (κ1) is 29.3. The summed E-state index contributed by atoms with van der Waals surface area (Å²) in [6.07, 6.45) is 0. The van der Waals surface area contributed by atoms with Crippen LogP contribution in [-0.2, 0) is 0 Å². The van der Waals surface area contributed by atoms with Crippen molar-refractivity contribution >= 4 is 51.7 Å². The van der Waals surface area contributed by atoms with Crippen LogP contribution >= 0.6 is 34.0 Å². The third kappa shape index (κ3) is 5.51. The molecule has 1 aliphatic rings. The van der Waals surface area contributed by atoms with Crippen LogP contribution in [0, 0.1) is 17.8 Å². The second-order valence-electron chi connectivity index (χ2n) is 11.0. The van der Waals surface area contributed by atoms with Crippen LogP contribution in [0.25, 0.3) is 0 Å². The van der Waals surface area contributed by atoms with Crippen molar-refractivity contribution in [2.24, 2.45) is 17.8 Å². The summed E-state index contributed by atoms with van der Waals surface area (Å²) in [5, 5.41) is 7.39. The summed E-state index contributed by atoms with van der Waals surface area (Å²) < 4.78 is 0. The van der Waals surface area contributed by atoms with Gasteiger partial charge in [0.25, 0.3) is 17.7 Å². The zero-order valence-electron chi connectivity index (χ0n) is 23.8. The first-order chi connectivity index (χ1) is 18.3. The molecule has 3 atom stereocenters. The largest absolute Gasteiger partial charge is 0.331 e. The molecule has 0 N–H and O–H groups in total. The fraction of sp³-hybridized carbons (Fsp3) is 0.556. The van der Waals surface area contributed by atoms with Crippen LogP contribution in [-0.4, -0.2) is 68.5 Å². The number of rotatable bonds is 3. The van der Waals surface area contributed by atoms with Gasteiger partial charge in [-0.15, -0.1) is 34.0 Å². The van der Waals surface area contributed by atoms with Crippen molar-refractivity contribution in [1.29, 1.82) is 0 Å². The summed E-state index contributed by atoms with van der Waals surface area (Å²) in [7, 11) is 5.26. The van der Waals surface area contributed by atoms with Crippen molar-refractivity contribution in [2.75, 3.05) is 21.1 Å². The molecule has 3 amide bonds. The van der Waals surface area contributed by atoms with E-state index in [0.29, 0.717) is 32.1 Å². The molecule has 1 aliphatic heterocycles. The van der Waals surface area contributed by atoms with Crippen molar-refractivity contribution in [1.82, 2.24) is 29.7 Å². The van der Waals surface area contributed by atoms with Crippen LogP contribution in [0.2, 0.25) is 0 Å². The van der Waals surface area contributed by atoms with Gasteiger partial charge in [-0.3, -0.25) is 14.4 Å². The van der Waals surface area contributed by atoms with Crippen molar-refractivity contribution in [3.63, 3.8) is 0 Å². The molecule has 0 aromatic carbocycles. The van der Waals surface area contributed by atoms with Crippen LogP contribution < -0.4 is 0 Å². The first-order valence-corrected chi connectivity index (χ1v) is 15.6. The van der Waals surface area contributed by atoms with Gasteiger partial charge in [0.05, 0.1) is 18.1 Å². The smallest absolute Gasteiger partial charge is 0.273 e. The summed E-state index contributed by atoms with van der Waals surface area (Å²) in [5.41, 5.74) is 0.997. The van der Waals surface area contributed by atoms with Gasteiger partial charge in [-0.2, -0.15) is 0 Å². The normalized spacial score (nSPS) is 21.4. The summed E-state index contributed by atoms with van der Waals surface area (Å²) >= 11 is 4.15. The molecule has 12 heteroatoms. The molecule has 39 heavy (non-hydrogen) atoms. The Bertz CT molecular complexity index is 1200. The van der Waals surface area contributed by atoms with Gasteiger partial charge in [0, 0.05) is 37.3 Å². The van der Waals surface area contributed by atoms with E-state index in [1.165, 1.54) is 34.0 Å². The molecule has 0 unspecified atom stereocenters. The highest BCUT2D eigenvalue weighted by Gasteiger charge is 2.35. The lowest BCUT2D eigenvalue weighted by molar-refractivity contribution is 0.0671. The van der Waals surface area contributed by atoms with E-state index in [4.69, 9.17) is 15.0 Å². The Morgan fingerprint density at radius 2 is 0.769 bits per heavy atom. The zero-order chi connectivity index (χ0) is 28.8. The van der Waals surface area contributed by atoms with E-state index in [9.17, 15) is 14.4 Å². The van der Waals surface area contributed by atoms with E-state index in [2.05, 4.69) is 0 Å². The Kier molecular flexibility index (Phi) is 8.58. The Morgan fingerprint density at radius 3 is 0.974 bits per heavy atom. The Morgan fingerprint density at radius 1 is 0.538 bits per heavy atom. The molecule has 0 saturated heterocycles. The molecular formula is C27H36N6O3S3. The monoisotopic (exact) mass is 588 g/mol. The standard InChI is InChI=1S/C27H36N6O3S3/c1-13(2)19-22-28-17(10-37-22)26(35)32(8)21(15(5)6)24-30-18(12-39-24)27(36)33(9)20(14(3)4)23-29-16(11-38-23)25(34)31(19)7/h10-15,19-21H,1-9H3/t19-,20-,21-/m0/s1. The van der Waals surface area contributed by atoms with E-state index < -0.39 is 0 Å². The lowest BCUT2D eigenvalue weighted by atomic mass is 10.0. The molecule has 0 radical (unpaired) electrons. The Balaban J connectivity index is 1.88. The number of hydrogen-bond acceptors (Lipinski definition) is 9. The number of nitrogens with zero attached hydrogens (tertiary/aromatic N) is 6. The Labute approximate surface area is 241 Å². The number of aromatic nitrogens is 3. The van der Waals surface area contributed by atoms with Crippen LogP contribution in [0.15, 0.2) is 16.1 Å². The molecule has 9 nitrogen and oxygen atoms in total. The van der Waals surface area contributed by atoms with E-state index in [1.54, 1.807) is 52.0 Å². The van der Waals surface area contributed by atoms with Crippen LogP contribution in [0.3, 0.4) is 0 Å². The molecule has 0 spiro atoms. The van der Waals surface area contributed by atoms with Gasteiger partial charge in [0.15, 0.2) is 0 Å². The van der Waals surface area contributed by atoms with Gasteiger partial charge in [0.2, 0.25) is 0 Å². The molecule has 0 saturated carbocycles. The molecule has 4 rings (SSSR count). The quantitative estimate of drug-likeness (QED) is 0.385. The number of hydrogen-bond donors (Lipinski definition) is 0. The minimum absolute atomic E-state index is 0.0544. The van der Waals surface area contributed by atoms with Crippen LogP contribution in [0.5, 0.6) is 0 Å². The highest BCUT2D eigenvalue weighted by Crippen LogP contribution is 2.36. The average molecular weight is 589 g/mol. The number of carbonyl (C=O) groups excluding carboxylic acids is 3. The molecule has 0 aliphatic carbocycles. The van der Waals surface area contributed by atoms with E-state index in [1.807, 2.05) is 41.5 Å². The second kappa shape index (κ2) is 11.4. The fourth-order valence-corrected chi connectivity index (χ4v) is 8.50. The number of fused-ring (bicyclic) bond motifs is 6. The van der Waals surface area contributed by atoms with Crippen LogP contribution in [0.4, 0.5) is 0 Å². The van der Waals surface area contributed by atoms with Crippen molar-refractivity contribution in [2.45, 2.75) is 59.7 Å². The molecule has 0 fully saturated rings. The maximum Gasteiger partial charge on any atom is 0.273 e. The fourth-order valence-electron chi connectivity index (χ4n) is 5.18. The topological polar surface area (TPSA) is 99.6 Å². The van der Waals surface area contributed by atoms with Gasteiger partial charge in [0.1, 0.15) is 32.1 Å². The Hall–Kier alpha value is -2.70. The lowest BCUT2D eigenvalue weighted by Gasteiger charge is -2.31. The molecule has 210 valence electrons. The van der Waals surface area contributed by atoms with E-state index >= 15 is 0 Å². The molecule has 3 aromatic rings. The number of carbonyl (C=O) groups is 3. The van der Waals surface area contributed by atoms with Gasteiger partial charge in [-0.25, -0.2) is 15.0 Å². The van der Waals surface area contributed by atoms with Gasteiger partial charge < -0.3 is 14.7 Å². The third-order valence-corrected chi connectivity index (χ3v) is 9.84. The van der Waals surface area contributed by atoms with E-state index in [0.717, 1.165) is 0 Å². The van der Waals surface area contributed by atoms with Crippen molar-refractivity contribution in [3.8, 4) is 0 Å². The number of thiazole rings is 3. The third-order valence-electron chi connectivity index (χ3n) is 7.09. The number of amides is 3. The summed E-state index contributed by atoms with van der Waals surface area (Å²) in [5.74, 6) is -0.509. The highest BCUT2D eigenvalue weighted by atomic mass is 32.1. The molecular weight excluding hydrogens is 553 g/mol. The molecule has 3 aromatic heterocycles. The predicted octanol–water partition coefficient (Wildman–Crippen LogP) is 5.78. The second-order valence-corrected chi connectivity index (χ2v) is 13.7. The SMILES string of the molecule is CC(C)[C@H]1c2nc(cs2)C(=O)N(C)[C@@H](C(C)C)c2nc(cs2)C(=O)N(C)[C@@H](C(C)C)c2nc(cs2)C(=O)N1C. The van der Waals surface area contributed by atoms with Gasteiger partial charge >= 0.3 is 0 Å².